The second kappa shape index (κ2) is 6.12. The summed E-state index contributed by atoms with van der Waals surface area (Å²) in [6.45, 7) is 6.17. The highest BCUT2D eigenvalue weighted by atomic mass is 35.5. The summed E-state index contributed by atoms with van der Waals surface area (Å²) in [6.07, 6.45) is 0. The predicted molar refractivity (Wildman–Crippen MR) is 69.6 cm³/mol. The summed E-state index contributed by atoms with van der Waals surface area (Å²) in [5.74, 6) is 1.55. The molecule has 1 aromatic carbocycles. The summed E-state index contributed by atoms with van der Waals surface area (Å²) in [6, 6.07) is 8.20. The van der Waals surface area contributed by atoms with E-state index in [0.717, 1.165) is 18.8 Å². The van der Waals surface area contributed by atoms with Crippen LogP contribution in [0.3, 0.4) is 0 Å². The number of rotatable bonds is 6. The zero-order chi connectivity index (χ0) is 12.0. The van der Waals surface area contributed by atoms with Gasteiger partial charge in [-0.05, 0) is 17.7 Å². The maximum absolute atomic E-state index is 5.64. The van der Waals surface area contributed by atoms with Crippen LogP contribution < -0.4 is 10.1 Å². The van der Waals surface area contributed by atoms with Gasteiger partial charge in [-0.25, -0.2) is 0 Å². The van der Waals surface area contributed by atoms with Crippen LogP contribution in [0.25, 0.3) is 0 Å². The summed E-state index contributed by atoms with van der Waals surface area (Å²) >= 11 is 5.64. The van der Waals surface area contributed by atoms with Crippen LogP contribution in [-0.2, 0) is 5.41 Å². The Labute approximate surface area is 103 Å². The van der Waals surface area contributed by atoms with Crippen LogP contribution in [-0.4, -0.2) is 26.1 Å². The highest BCUT2D eigenvalue weighted by Gasteiger charge is 2.20. The Morgan fingerprint density at radius 1 is 1.38 bits per heavy atom. The average Bonchev–Trinajstić information content (AvgIpc) is 2.29. The van der Waals surface area contributed by atoms with Gasteiger partial charge in [-0.15, -0.1) is 11.6 Å². The van der Waals surface area contributed by atoms with Crippen molar-refractivity contribution in [2.75, 3.05) is 26.1 Å². The molecule has 3 heteroatoms. The molecule has 1 N–H and O–H groups in total. The van der Waals surface area contributed by atoms with Crippen molar-refractivity contribution in [2.45, 2.75) is 19.3 Å². The van der Waals surface area contributed by atoms with Crippen LogP contribution >= 0.6 is 11.6 Å². The molecule has 0 saturated carbocycles. The summed E-state index contributed by atoms with van der Waals surface area (Å²) in [4.78, 5) is 0. The molecule has 0 aliphatic rings. The van der Waals surface area contributed by atoms with Crippen molar-refractivity contribution in [3.63, 3.8) is 0 Å². The fourth-order valence-corrected chi connectivity index (χ4v) is 1.75. The third-order valence-corrected chi connectivity index (χ3v) is 2.88. The Hall–Kier alpha value is -0.730. The van der Waals surface area contributed by atoms with Gasteiger partial charge in [0.25, 0.3) is 0 Å². The molecule has 0 radical (unpaired) electrons. The number of hydrogen-bond acceptors (Lipinski definition) is 2. The van der Waals surface area contributed by atoms with E-state index in [1.54, 1.807) is 7.11 Å². The first kappa shape index (κ1) is 13.3. The van der Waals surface area contributed by atoms with E-state index in [2.05, 4.69) is 31.3 Å². The number of methoxy groups -OCH3 is 1. The van der Waals surface area contributed by atoms with Crippen molar-refractivity contribution < 1.29 is 4.74 Å². The topological polar surface area (TPSA) is 21.3 Å². The van der Waals surface area contributed by atoms with Crippen LogP contribution in [0, 0.1) is 0 Å². The molecular weight excluding hydrogens is 222 g/mol. The molecule has 0 aliphatic heterocycles. The molecule has 1 aromatic rings. The lowest BCUT2D eigenvalue weighted by atomic mass is 9.84. The van der Waals surface area contributed by atoms with Gasteiger partial charge in [0, 0.05) is 24.4 Å². The van der Waals surface area contributed by atoms with Crippen LogP contribution in [0.1, 0.15) is 19.4 Å². The second-order valence-corrected chi connectivity index (χ2v) is 4.86. The van der Waals surface area contributed by atoms with Crippen molar-refractivity contribution in [3.05, 3.63) is 29.8 Å². The third-order valence-electron chi connectivity index (χ3n) is 2.69. The summed E-state index contributed by atoms with van der Waals surface area (Å²) < 4.78 is 5.23. The molecule has 1 rings (SSSR count). The lowest BCUT2D eigenvalue weighted by molar-refractivity contribution is 0.410. The SMILES string of the molecule is COc1cccc(C(C)(C)CNCCCl)c1. The molecule has 90 valence electrons. The maximum atomic E-state index is 5.64. The highest BCUT2D eigenvalue weighted by Crippen LogP contribution is 2.25. The summed E-state index contributed by atoms with van der Waals surface area (Å²) in [5, 5.41) is 3.34. The first-order valence-electron chi connectivity index (χ1n) is 5.51. The Morgan fingerprint density at radius 2 is 2.12 bits per heavy atom. The standard InChI is InChI=1S/C13H20ClNO/c1-13(2,10-15-8-7-14)11-5-4-6-12(9-11)16-3/h4-6,9,15H,7-8,10H2,1-3H3. The quantitative estimate of drug-likeness (QED) is 0.611. The first-order valence-corrected chi connectivity index (χ1v) is 6.05. The molecule has 2 nitrogen and oxygen atoms in total. The smallest absolute Gasteiger partial charge is 0.119 e. The van der Waals surface area contributed by atoms with E-state index in [1.807, 2.05) is 12.1 Å². The molecule has 0 atom stereocenters. The number of hydrogen-bond donors (Lipinski definition) is 1. The number of nitrogens with one attached hydrogen (secondary N) is 1. The Kier molecular flexibility index (Phi) is 5.10. The monoisotopic (exact) mass is 241 g/mol. The van der Waals surface area contributed by atoms with Gasteiger partial charge in [0.15, 0.2) is 0 Å². The van der Waals surface area contributed by atoms with Gasteiger partial charge in [-0.2, -0.15) is 0 Å². The fraction of sp³-hybridized carbons (Fsp3) is 0.538. The van der Waals surface area contributed by atoms with E-state index in [9.17, 15) is 0 Å². The molecule has 0 heterocycles. The zero-order valence-corrected chi connectivity index (χ0v) is 11.0. The number of alkyl halides is 1. The van der Waals surface area contributed by atoms with Crippen LogP contribution in [0.5, 0.6) is 5.75 Å². The van der Waals surface area contributed by atoms with Crippen LogP contribution in [0.4, 0.5) is 0 Å². The molecule has 0 bridgehead atoms. The van der Waals surface area contributed by atoms with Gasteiger partial charge in [0.1, 0.15) is 5.75 Å². The molecule has 0 amide bonds. The third kappa shape index (κ3) is 3.69. The highest BCUT2D eigenvalue weighted by molar-refractivity contribution is 6.18. The Morgan fingerprint density at radius 3 is 2.75 bits per heavy atom. The lowest BCUT2D eigenvalue weighted by Crippen LogP contribution is -2.33. The van der Waals surface area contributed by atoms with Gasteiger partial charge < -0.3 is 10.1 Å². The molecule has 0 spiro atoms. The lowest BCUT2D eigenvalue weighted by Gasteiger charge is -2.26. The van der Waals surface area contributed by atoms with E-state index in [-0.39, 0.29) is 5.41 Å². The van der Waals surface area contributed by atoms with Crippen molar-refractivity contribution in [1.29, 1.82) is 0 Å². The first-order chi connectivity index (χ1) is 7.60. The van der Waals surface area contributed by atoms with E-state index in [0.29, 0.717) is 5.88 Å². The average molecular weight is 242 g/mol. The normalized spacial score (nSPS) is 11.5. The summed E-state index contributed by atoms with van der Waals surface area (Å²) in [7, 11) is 1.69. The maximum Gasteiger partial charge on any atom is 0.119 e. The largest absolute Gasteiger partial charge is 0.497 e. The molecule has 0 unspecified atom stereocenters. The van der Waals surface area contributed by atoms with Crippen molar-refractivity contribution >= 4 is 11.6 Å². The van der Waals surface area contributed by atoms with E-state index in [4.69, 9.17) is 16.3 Å². The molecule has 0 aromatic heterocycles. The molecular formula is C13H20ClNO. The minimum absolute atomic E-state index is 0.0839. The van der Waals surface area contributed by atoms with E-state index < -0.39 is 0 Å². The number of halogens is 1. The minimum Gasteiger partial charge on any atom is -0.497 e. The van der Waals surface area contributed by atoms with Crippen LogP contribution in [0.2, 0.25) is 0 Å². The minimum atomic E-state index is 0.0839. The Bertz CT molecular complexity index is 325. The van der Waals surface area contributed by atoms with Gasteiger partial charge in [0.2, 0.25) is 0 Å². The van der Waals surface area contributed by atoms with E-state index >= 15 is 0 Å². The van der Waals surface area contributed by atoms with Crippen molar-refractivity contribution in [3.8, 4) is 5.75 Å². The van der Waals surface area contributed by atoms with Gasteiger partial charge >= 0.3 is 0 Å². The van der Waals surface area contributed by atoms with Gasteiger partial charge in [0.05, 0.1) is 7.11 Å². The molecule has 0 aliphatic carbocycles. The van der Waals surface area contributed by atoms with Gasteiger partial charge in [-0.1, -0.05) is 26.0 Å². The van der Waals surface area contributed by atoms with Crippen molar-refractivity contribution in [1.82, 2.24) is 5.32 Å². The second-order valence-electron chi connectivity index (χ2n) is 4.48. The summed E-state index contributed by atoms with van der Waals surface area (Å²) in [5.41, 5.74) is 1.36. The fourth-order valence-electron chi connectivity index (χ4n) is 1.61. The van der Waals surface area contributed by atoms with Crippen molar-refractivity contribution in [2.24, 2.45) is 0 Å². The zero-order valence-electron chi connectivity index (χ0n) is 10.2. The number of ether oxygens (including phenoxy) is 1. The van der Waals surface area contributed by atoms with E-state index in [1.165, 1.54) is 5.56 Å². The number of benzene rings is 1. The Balaban J connectivity index is 2.72. The predicted octanol–water partition coefficient (Wildman–Crippen LogP) is 2.80. The molecule has 0 fully saturated rings. The molecule has 16 heavy (non-hydrogen) atoms. The van der Waals surface area contributed by atoms with Crippen LogP contribution in [0.15, 0.2) is 24.3 Å². The molecule has 0 saturated heterocycles. The van der Waals surface area contributed by atoms with Gasteiger partial charge in [-0.3, -0.25) is 0 Å².